The number of nitrogens with zero attached hydrogens (tertiary/aromatic N) is 4. The molecule has 2 aromatic rings. The fourth-order valence-corrected chi connectivity index (χ4v) is 3.11. The topological polar surface area (TPSA) is 34.0 Å². The molecule has 4 nitrogen and oxygen atoms in total. The molecule has 1 aromatic heterocycles. The molecule has 106 valence electrons. The Morgan fingerprint density at radius 1 is 1.25 bits per heavy atom. The summed E-state index contributed by atoms with van der Waals surface area (Å²) in [5.41, 5.74) is 1.39. The first-order valence-corrected chi connectivity index (χ1v) is 7.79. The second kappa shape index (κ2) is 5.66. The molecule has 1 unspecified atom stereocenters. The predicted octanol–water partition coefficient (Wildman–Crippen LogP) is 3.22. The normalized spacial score (nSPS) is 19.6. The van der Waals surface area contributed by atoms with Crippen LogP contribution >= 0.6 is 15.9 Å². The Balaban J connectivity index is 1.79. The monoisotopic (exact) mass is 334 g/mol. The molecular weight excluding hydrogens is 316 g/mol. The summed E-state index contributed by atoms with van der Waals surface area (Å²) in [5, 5.41) is 8.43. The van der Waals surface area contributed by atoms with Crippen LogP contribution in [0, 0.1) is 6.92 Å². The van der Waals surface area contributed by atoms with Crippen LogP contribution in [-0.2, 0) is 13.6 Å². The van der Waals surface area contributed by atoms with E-state index < -0.39 is 0 Å². The minimum absolute atomic E-state index is 0.500. The van der Waals surface area contributed by atoms with Crippen LogP contribution in [0.3, 0.4) is 0 Å². The van der Waals surface area contributed by atoms with Gasteiger partial charge in [-0.3, -0.25) is 4.90 Å². The van der Waals surface area contributed by atoms with Gasteiger partial charge in [-0.15, -0.1) is 10.2 Å². The van der Waals surface area contributed by atoms with Crippen molar-refractivity contribution in [2.45, 2.75) is 32.4 Å². The standard InChI is InChI=1S/C15H19BrN4/c1-11-17-18-15(19(11)2)10-20-9-3-4-14(20)12-5-7-13(16)8-6-12/h5-8,14H,3-4,9-10H2,1-2H3. The third-order valence-corrected chi connectivity index (χ3v) is 4.67. The Kier molecular flexibility index (Phi) is 3.89. The van der Waals surface area contributed by atoms with Crippen LogP contribution in [0.25, 0.3) is 0 Å². The number of benzene rings is 1. The van der Waals surface area contributed by atoms with Crippen LogP contribution in [0.15, 0.2) is 28.7 Å². The van der Waals surface area contributed by atoms with E-state index in [-0.39, 0.29) is 0 Å². The molecule has 5 heteroatoms. The van der Waals surface area contributed by atoms with Crippen LogP contribution in [-0.4, -0.2) is 26.2 Å². The van der Waals surface area contributed by atoms with Crippen LogP contribution in [0.2, 0.25) is 0 Å². The Morgan fingerprint density at radius 3 is 2.65 bits per heavy atom. The van der Waals surface area contributed by atoms with E-state index in [1.807, 2.05) is 14.0 Å². The Morgan fingerprint density at radius 2 is 2.00 bits per heavy atom. The van der Waals surface area contributed by atoms with Crippen LogP contribution in [0.4, 0.5) is 0 Å². The fraction of sp³-hybridized carbons (Fsp3) is 0.467. The van der Waals surface area contributed by atoms with Gasteiger partial charge in [0.05, 0.1) is 6.54 Å². The van der Waals surface area contributed by atoms with Gasteiger partial charge in [-0.05, 0) is 44.0 Å². The van der Waals surface area contributed by atoms with Gasteiger partial charge in [0.1, 0.15) is 11.6 Å². The van der Waals surface area contributed by atoms with Gasteiger partial charge in [0.25, 0.3) is 0 Å². The van der Waals surface area contributed by atoms with E-state index in [2.05, 4.69) is 59.9 Å². The second-order valence-corrected chi connectivity index (χ2v) is 6.32. The summed E-state index contributed by atoms with van der Waals surface area (Å²) in [6, 6.07) is 9.18. The molecule has 1 aromatic carbocycles. The molecule has 1 atom stereocenters. The van der Waals surface area contributed by atoms with Crippen LogP contribution in [0.5, 0.6) is 0 Å². The SMILES string of the molecule is Cc1nnc(CN2CCCC2c2ccc(Br)cc2)n1C. The van der Waals surface area contributed by atoms with Crippen molar-refractivity contribution in [3.05, 3.63) is 46.0 Å². The van der Waals surface area contributed by atoms with Gasteiger partial charge >= 0.3 is 0 Å². The average molecular weight is 335 g/mol. The lowest BCUT2D eigenvalue weighted by Gasteiger charge is -2.24. The summed E-state index contributed by atoms with van der Waals surface area (Å²) in [4.78, 5) is 2.51. The highest BCUT2D eigenvalue weighted by atomic mass is 79.9. The maximum absolute atomic E-state index is 4.28. The minimum Gasteiger partial charge on any atom is -0.317 e. The summed E-state index contributed by atoms with van der Waals surface area (Å²) >= 11 is 3.50. The molecule has 0 aliphatic carbocycles. The van der Waals surface area contributed by atoms with Crippen molar-refractivity contribution in [2.24, 2.45) is 7.05 Å². The first-order valence-electron chi connectivity index (χ1n) is 6.99. The summed E-state index contributed by atoms with van der Waals surface area (Å²) in [6.45, 7) is 4.00. The molecule has 1 saturated heterocycles. The number of rotatable bonds is 3. The predicted molar refractivity (Wildman–Crippen MR) is 82.3 cm³/mol. The fourth-order valence-electron chi connectivity index (χ4n) is 2.85. The van der Waals surface area contributed by atoms with Crippen molar-refractivity contribution in [1.29, 1.82) is 0 Å². The zero-order valence-corrected chi connectivity index (χ0v) is 13.5. The van der Waals surface area contributed by atoms with Gasteiger partial charge in [-0.2, -0.15) is 0 Å². The van der Waals surface area contributed by atoms with Crippen molar-refractivity contribution < 1.29 is 0 Å². The van der Waals surface area contributed by atoms with Crippen molar-refractivity contribution in [3.63, 3.8) is 0 Å². The Hall–Kier alpha value is -1.20. The number of hydrogen-bond acceptors (Lipinski definition) is 3. The van der Waals surface area contributed by atoms with Gasteiger partial charge < -0.3 is 4.57 Å². The summed E-state index contributed by atoms with van der Waals surface area (Å²) in [6.07, 6.45) is 2.47. The lowest BCUT2D eigenvalue weighted by atomic mass is 10.0. The van der Waals surface area contributed by atoms with Crippen LogP contribution in [0.1, 0.15) is 36.1 Å². The summed E-state index contributed by atoms with van der Waals surface area (Å²) in [7, 11) is 2.04. The molecule has 1 aliphatic heterocycles. The first-order chi connectivity index (χ1) is 9.65. The highest BCUT2D eigenvalue weighted by Gasteiger charge is 2.27. The number of aromatic nitrogens is 3. The molecule has 0 amide bonds. The quantitative estimate of drug-likeness (QED) is 0.864. The zero-order chi connectivity index (χ0) is 14.1. The molecular formula is C15H19BrN4. The van der Waals surface area contributed by atoms with E-state index in [1.165, 1.54) is 18.4 Å². The van der Waals surface area contributed by atoms with Gasteiger partial charge in [-0.25, -0.2) is 0 Å². The van der Waals surface area contributed by atoms with Gasteiger partial charge in [0, 0.05) is 17.6 Å². The first kappa shape index (κ1) is 13.8. The molecule has 2 heterocycles. The largest absolute Gasteiger partial charge is 0.317 e. The van der Waals surface area contributed by atoms with E-state index in [1.54, 1.807) is 0 Å². The van der Waals surface area contributed by atoms with E-state index in [0.717, 1.165) is 29.2 Å². The number of hydrogen-bond donors (Lipinski definition) is 0. The Labute approximate surface area is 127 Å². The zero-order valence-electron chi connectivity index (χ0n) is 11.9. The average Bonchev–Trinajstić information content (AvgIpc) is 3.02. The van der Waals surface area contributed by atoms with Crippen molar-refractivity contribution >= 4 is 15.9 Å². The van der Waals surface area contributed by atoms with Crippen molar-refractivity contribution in [3.8, 4) is 0 Å². The lowest BCUT2D eigenvalue weighted by molar-refractivity contribution is 0.239. The number of likely N-dealkylation sites (tertiary alicyclic amines) is 1. The van der Waals surface area contributed by atoms with E-state index >= 15 is 0 Å². The number of halogens is 1. The van der Waals surface area contributed by atoms with Crippen molar-refractivity contribution in [2.75, 3.05) is 6.54 Å². The molecule has 1 aliphatic rings. The maximum Gasteiger partial charge on any atom is 0.146 e. The smallest absolute Gasteiger partial charge is 0.146 e. The molecule has 3 rings (SSSR count). The van der Waals surface area contributed by atoms with E-state index in [9.17, 15) is 0 Å². The van der Waals surface area contributed by atoms with Gasteiger partial charge in [-0.1, -0.05) is 28.1 Å². The van der Waals surface area contributed by atoms with Crippen LogP contribution < -0.4 is 0 Å². The molecule has 0 spiro atoms. The second-order valence-electron chi connectivity index (χ2n) is 5.40. The highest BCUT2D eigenvalue weighted by Crippen LogP contribution is 2.33. The molecule has 1 fully saturated rings. The molecule has 0 saturated carbocycles. The maximum atomic E-state index is 4.28. The van der Waals surface area contributed by atoms with E-state index in [0.29, 0.717) is 6.04 Å². The molecule has 0 radical (unpaired) electrons. The molecule has 0 N–H and O–H groups in total. The third-order valence-electron chi connectivity index (χ3n) is 4.15. The Bertz CT molecular complexity index is 590. The molecule has 20 heavy (non-hydrogen) atoms. The van der Waals surface area contributed by atoms with E-state index in [4.69, 9.17) is 0 Å². The van der Waals surface area contributed by atoms with Crippen molar-refractivity contribution in [1.82, 2.24) is 19.7 Å². The molecule has 0 bridgehead atoms. The lowest BCUT2D eigenvalue weighted by Crippen LogP contribution is -2.24. The third kappa shape index (κ3) is 2.65. The van der Waals surface area contributed by atoms with Gasteiger partial charge in [0.2, 0.25) is 0 Å². The highest BCUT2D eigenvalue weighted by molar-refractivity contribution is 9.10. The van der Waals surface area contributed by atoms with Gasteiger partial charge in [0.15, 0.2) is 0 Å². The summed E-state index contributed by atoms with van der Waals surface area (Å²) in [5.74, 6) is 2.02. The number of aryl methyl sites for hydroxylation is 1. The summed E-state index contributed by atoms with van der Waals surface area (Å²) < 4.78 is 3.21. The minimum atomic E-state index is 0.500.